The molecule has 21 heavy (non-hydrogen) atoms. The maximum absolute atomic E-state index is 9.01. The van der Waals surface area contributed by atoms with Crippen LogP contribution in [0.3, 0.4) is 0 Å². The highest BCUT2D eigenvalue weighted by Crippen LogP contribution is 2.30. The third-order valence-corrected chi connectivity index (χ3v) is 4.43. The maximum Gasteiger partial charge on any atom is 0.488 e. The van der Waals surface area contributed by atoms with E-state index in [4.69, 9.17) is 19.5 Å². The summed E-state index contributed by atoms with van der Waals surface area (Å²) in [6, 6.07) is 6.76. The van der Waals surface area contributed by atoms with Crippen molar-refractivity contribution in [2.24, 2.45) is 11.8 Å². The van der Waals surface area contributed by atoms with E-state index in [1.165, 1.54) is 6.42 Å². The first-order valence-electron chi connectivity index (χ1n) is 7.76. The van der Waals surface area contributed by atoms with Crippen LogP contribution in [0.25, 0.3) is 0 Å². The predicted molar refractivity (Wildman–Crippen MR) is 83.7 cm³/mol. The van der Waals surface area contributed by atoms with Crippen LogP contribution in [0.15, 0.2) is 24.3 Å². The number of rotatable bonds is 6. The van der Waals surface area contributed by atoms with Crippen molar-refractivity contribution in [3.05, 3.63) is 24.3 Å². The summed E-state index contributed by atoms with van der Waals surface area (Å²) in [5, 5.41) is 18.0. The highest BCUT2D eigenvalue weighted by molar-refractivity contribution is 6.58. The third kappa shape index (κ3) is 5.02. The number of ether oxygens (including phenoxy) is 2. The molecule has 1 aliphatic rings. The molecule has 0 aromatic heterocycles. The van der Waals surface area contributed by atoms with E-state index in [-0.39, 0.29) is 0 Å². The topological polar surface area (TPSA) is 58.9 Å². The van der Waals surface area contributed by atoms with Crippen LogP contribution in [0.5, 0.6) is 5.75 Å². The molecule has 3 unspecified atom stereocenters. The molecular formula is C16H25BO4. The minimum atomic E-state index is -1.43. The van der Waals surface area contributed by atoms with Gasteiger partial charge in [-0.25, -0.2) is 0 Å². The molecule has 0 spiro atoms. The summed E-state index contributed by atoms with van der Waals surface area (Å²) in [7, 11) is -1.43. The van der Waals surface area contributed by atoms with Crippen LogP contribution in [0.2, 0.25) is 0 Å². The van der Waals surface area contributed by atoms with Crippen molar-refractivity contribution >= 4 is 12.6 Å². The molecule has 0 radical (unpaired) electrons. The molecule has 116 valence electrons. The van der Waals surface area contributed by atoms with Crippen LogP contribution in [-0.4, -0.2) is 36.5 Å². The first-order chi connectivity index (χ1) is 10.1. The van der Waals surface area contributed by atoms with E-state index in [9.17, 15) is 0 Å². The minimum Gasteiger partial charge on any atom is -0.491 e. The van der Waals surface area contributed by atoms with Gasteiger partial charge < -0.3 is 19.5 Å². The minimum absolute atomic E-state index is 0.367. The zero-order chi connectivity index (χ0) is 15.2. The van der Waals surface area contributed by atoms with Crippen molar-refractivity contribution in [3.8, 4) is 5.75 Å². The molecule has 0 aliphatic heterocycles. The molecule has 2 rings (SSSR count). The van der Waals surface area contributed by atoms with Gasteiger partial charge in [-0.1, -0.05) is 26.0 Å². The van der Waals surface area contributed by atoms with E-state index >= 15 is 0 Å². The summed E-state index contributed by atoms with van der Waals surface area (Å²) < 4.78 is 11.5. The smallest absolute Gasteiger partial charge is 0.488 e. The summed E-state index contributed by atoms with van der Waals surface area (Å²) in [5.74, 6) is 2.26. The Kier molecular flexibility index (Phi) is 6.09. The molecule has 1 aliphatic carbocycles. The number of benzene rings is 1. The van der Waals surface area contributed by atoms with Gasteiger partial charge in [-0.05, 0) is 48.7 Å². The molecule has 0 heterocycles. The zero-order valence-electron chi connectivity index (χ0n) is 12.9. The van der Waals surface area contributed by atoms with Crippen LogP contribution in [-0.2, 0) is 4.74 Å². The Morgan fingerprint density at radius 2 is 1.76 bits per heavy atom. The van der Waals surface area contributed by atoms with Crippen molar-refractivity contribution in [1.82, 2.24) is 0 Å². The Balaban J connectivity index is 1.65. The Labute approximate surface area is 127 Å². The second-order valence-corrected chi connectivity index (χ2v) is 6.05. The lowest BCUT2D eigenvalue weighted by molar-refractivity contribution is -0.00908. The fourth-order valence-corrected chi connectivity index (χ4v) is 2.76. The number of hydrogen-bond donors (Lipinski definition) is 2. The van der Waals surface area contributed by atoms with Gasteiger partial charge in [0.05, 0.1) is 12.7 Å². The van der Waals surface area contributed by atoms with Crippen molar-refractivity contribution in [2.45, 2.75) is 39.2 Å². The van der Waals surface area contributed by atoms with Crippen LogP contribution in [0.4, 0.5) is 0 Å². The van der Waals surface area contributed by atoms with Crippen LogP contribution >= 0.6 is 0 Å². The second-order valence-electron chi connectivity index (χ2n) is 6.05. The summed E-state index contributed by atoms with van der Waals surface area (Å²) in [4.78, 5) is 0. The van der Waals surface area contributed by atoms with Gasteiger partial charge in [-0.3, -0.25) is 0 Å². The largest absolute Gasteiger partial charge is 0.491 e. The lowest BCUT2D eigenvalue weighted by atomic mass is 9.80. The molecule has 1 aromatic rings. The quantitative estimate of drug-likeness (QED) is 0.617. The van der Waals surface area contributed by atoms with Crippen molar-refractivity contribution in [3.63, 3.8) is 0 Å². The van der Waals surface area contributed by atoms with Gasteiger partial charge in [0.25, 0.3) is 0 Å². The highest BCUT2D eigenvalue weighted by Gasteiger charge is 2.24. The molecule has 3 atom stereocenters. The van der Waals surface area contributed by atoms with Gasteiger partial charge in [0, 0.05) is 0 Å². The molecule has 1 aromatic carbocycles. The Bertz CT molecular complexity index is 421. The van der Waals surface area contributed by atoms with Crippen molar-refractivity contribution in [1.29, 1.82) is 0 Å². The maximum atomic E-state index is 9.01. The number of hydrogen-bond acceptors (Lipinski definition) is 4. The van der Waals surface area contributed by atoms with Gasteiger partial charge in [0.1, 0.15) is 12.4 Å². The summed E-state index contributed by atoms with van der Waals surface area (Å²) in [6.07, 6.45) is 3.91. The monoisotopic (exact) mass is 292 g/mol. The lowest BCUT2D eigenvalue weighted by Gasteiger charge is -2.31. The lowest BCUT2D eigenvalue weighted by Crippen LogP contribution is -2.29. The zero-order valence-corrected chi connectivity index (χ0v) is 12.9. The predicted octanol–water partition coefficient (Wildman–Crippen LogP) is 1.59. The fraction of sp³-hybridized carbons (Fsp3) is 0.625. The van der Waals surface area contributed by atoms with Gasteiger partial charge in [0.15, 0.2) is 0 Å². The van der Waals surface area contributed by atoms with Crippen molar-refractivity contribution in [2.75, 3.05) is 13.2 Å². The van der Waals surface area contributed by atoms with E-state index in [2.05, 4.69) is 13.8 Å². The first-order valence-corrected chi connectivity index (χ1v) is 7.76. The van der Waals surface area contributed by atoms with E-state index in [1.807, 2.05) is 0 Å². The Morgan fingerprint density at radius 1 is 1.05 bits per heavy atom. The molecule has 0 bridgehead atoms. The van der Waals surface area contributed by atoms with E-state index in [0.29, 0.717) is 30.5 Å². The van der Waals surface area contributed by atoms with Gasteiger partial charge in [-0.2, -0.15) is 0 Å². The first kappa shape index (κ1) is 16.3. The van der Waals surface area contributed by atoms with E-state index < -0.39 is 7.12 Å². The highest BCUT2D eigenvalue weighted by atomic mass is 16.5. The average Bonchev–Trinajstić information content (AvgIpc) is 2.47. The van der Waals surface area contributed by atoms with Crippen LogP contribution in [0, 0.1) is 11.8 Å². The second kappa shape index (κ2) is 7.83. The summed E-state index contributed by atoms with van der Waals surface area (Å²) >= 11 is 0. The van der Waals surface area contributed by atoms with Gasteiger partial charge >= 0.3 is 7.12 Å². The Morgan fingerprint density at radius 3 is 2.38 bits per heavy atom. The Hall–Kier alpha value is -1.04. The summed E-state index contributed by atoms with van der Waals surface area (Å²) in [5.41, 5.74) is 0.462. The third-order valence-electron chi connectivity index (χ3n) is 4.43. The van der Waals surface area contributed by atoms with Gasteiger partial charge in [0.2, 0.25) is 0 Å². The van der Waals surface area contributed by atoms with Crippen LogP contribution in [0.1, 0.15) is 33.1 Å². The molecule has 0 amide bonds. The van der Waals surface area contributed by atoms with E-state index in [1.54, 1.807) is 24.3 Å². The molecule has 5 heteroatoms. The molecule has 2 N–H and O–H groups in total. The molecule has 4 nitrogen and oxygen atoms in total. The summed E-state index contributed by atoms with van der Waals surface area (Å²) in [6.45, 7) is 5.72. The molecule has 1 fully saturated rings. The van der Waals surface area contributed by atoms with Crippen molar-refractivity contribution < 1.29 is 19.5 Å². The average molecular weight is 292 g/mol. The normalized spacial score (nSPS) is 25.6. The SMILES string of the molecule is CC1CCC(OCCOc2ccc(B(O)O)cc2)CC1C. The van der Waals surface area contributed by atoms with Gasteiger partial charge in [-0.15, -0.1) is 0 Å². The molecule has 1 saturated carbocycles. The molecular weight excluding hydrogens is 267 g/mol. The fourth-order valence-electron chi connectivity index (χ4n) is 2.76. The van der Waals surface area contributed by atoms with Crippen LogP contribution < -0.4 is 10.2 Å². The molecule has 0 saturated heterocycles. The standard InChI is InChI=1S/C16H25BO4/c1-12-3-6-16(11-13(12)2)21-10-9-20-15-7-4-14(5-8-15)17(18)19/h4-5,7-8,12-13,16,18-19H,3,6,9-11H2,1-2H3. The van der Waals surface area contributed by atoms with E-state index in [0.717, 1.165) is 24.7 Å².